The predicted octanol–water partition coefficient (Wildman–Crippen LogP) is 4.91. The maximum atomic E-state index is 13.1. The van der Waals surface area contributed by atoms with E-state index in [-0.39, 0.29) is 11.8 Å². The number of nitrogens with zero attached hydrogens (tertiary/aromatic N) is 1. The fourth-order valence-corrected chi connectivity index (χ4v) is 5.49. The number of amides is 2. The molecule has 2 amide bonds. The normalized spacial score (nSPS) is 25.8. The molecule has 158 valence electrons. The van der Waals surface area contributed by atoms with Gasteiger partial charge in [-0.1, -0.05) is 67.8 Å². The van der Waals surface area contributed by atoms with Crippen LogP contribution < -0.4 is 10.2 Å². The summed E-state index contributed by atoms with van der Waals surface area (Å²) in [6.07, 6.45) is 8.40. The first-order valence-electron chi connectivity index (χ1n) is 11.4. The van der Waals surface area contributed by atoms with Crippen molar-refractivity contribution in [3.05, 3.63) is 66.2 Å². The van der Waals surface area contributed by atoms with Gasteiger partial charge >= 0.3 is 0 Å². The third-order valence-electron chi connectivity index (χ3n) is 6.94. The molecule has 0 bridgehead atoms. The molecule has 4 rings (SSSR count). The van der Waals surface area contributed by atoms with Crippen LogP contribution in [-0.2, 0) is 9.59 Å². The van der Waals surface area contributed by atoms with Crippen LogP contribution in [0.2, 0.25) is 0 Å². The van der Waals surface area contributed by atoms with Crippen LogP contribution in [0.25, 0.3) is 0 Å². The number of hydrogen-bond donors (Lipinski definition) is 1. The number of carbonyl (C=O) groups excluding carboxylic acids is 2. The minimum absolute atomic E-state index is 0.0214. The van der Waals surface area contributed by atoms with Gasteiger partial charge in [-0.2, -0.15) is 0 Å². The molecular formula is C26H32N2O2. The van der Waals surface area contributed by atoms with Crippen LogP contribution in [0.3, 0.4) is 0 Å². The number of unbranched alkanes of at least 4 members (excludes halogenated alkanes) is 1. The average molecular weight is 405 g/mol. The van der Waals surface area contributed by atoms with E-state index in [1.165, 1.54) is 24.8 Å². The largest absolute Gasteiger partial charge is 0.353 e. The monoisotopic (exact) mass is 404 g/mol. The van der Waals surface area contributed by atoms with E-state index in [2.05, 4.69) is 35.6 Å². The molecule has 4 heteroatoms. The smallest absolute Gasteiger partial charge is 0.223 e. The topological polar surface area (TPSA) is 49.4 Å². The van der Waals surface area contributed by atoms with E-state index in [0.29, 0.717) is 24.4 Å². The molecule has 1 aliphatic heterocycles. The molecule has 4 nitrogen and oxygen atoms in total. The van der Waals surface area contributed by atoms with Crippen LogP contribution in [0.15, 0.2) is 60.7 Å². The molecule has 1 heterocycles. The zero-order valence-corrected chi connectivity index (χ0v) is 17.6. The van der Waals surface area contributed by atoms with E-state index < -0.39 is 0 Å². The summed E-state index contributed by atoms with van der Waals surface area (Å²) in [4.78, 5) is 26.3. The standard InChI is InChI=1S/C26H32N2O2/c29-19-28(21-13-5-2-6-14-21)18-10-9-16-23-25(20-11-3-1-4-12-20)22-15-7-8-17-24(22)27-26(23)30/h1-6,11-14,19,22-25H,7-10,15-18H2,(H,27,30)/t22-,23-,24+,25-/m1/s1. The molecule has 0 spiro atoms. The summed E-state index contributed by atoms with van der Waals surface area (Å²) in [7, 11) is 0. The maximum Gasteiger partial charge on any atom is 0.223 e. The molecule has 2 fully saturated rings. The first kappa shape index (κ1) is 20.6. The number of nitrogens with one attached hydrogen (secondary N) is 1. The number of carbonyl (C=O) groups is 2. The van der Waals surface area contributed by atoms with Crippen molar-refractivity contribution in [2.24, 2.45) is 11.8 Å². The fraction of sp³-hybridized carbons (Fsp3) is 0.462. The molecule has 4 atom stereocenters. The Morgan fingerprint density at radius 2 is 1.63 bits per heavy atom. The first-order valence-corrected chi connectivity index (χ1v) is 11.4. The lowest BCUT2D eigenvalue weighted by Gasteiger charge is -2.46. The van der Waals surface area contributed by atoms with Gasteiger partial charge in [0.15, 0.2) is 0 Å². The maximum absolute atomic E-state index is 13.1. The Bertz CT molecular complexity index is 823. The molecule has 2 aromatic carbocycles. The lowest BCUT2D eigenvalue weighted by molar-refractivity contribution is -0.131. The number of hydrogen-bond acceptors (Lipinski definition) is 2. The molecule has 1 saturated carbocycles. The van der Waals surface area contributed by atoms with Gasteiger partial charge < -0.3 is 10.2 Å². The van der Waals surface area contributed by atoms with Crippen LogP contribution in [0.1, 0.15) is 56.4 Å². The Hall–Kier alpha value is -2.62. The van der Waals surface area contributed by atoms with Crippen LogP contribution in [0, 0.1) is 11.8 Å². The number of fused-ring (bicyclic) bond motifs is 1. The molecule has 0 unspecified atom stereocenters. The van der Waals surface area contributed by atoms with E-state index in [0.717, 1.165) is 37.8 Å². The summed E-state index contributed by atoms with van der Waals surface area (Å²) in [5.41, 5.74) is 2.24. The van der Waals surface area contributed by atoms with Gasteiger partial charge in [0, 0.05) is 30.1 Å². The third kappa shape index (κ3) is 4.58. The summed E-state index contributed by atoms with van der Waals surface area (Å²) in [5, 5.41) is 3.35. The van der Waals surface area contributed by atoms with Gasteiger partial charge in [-0.3, -0.25) is 9.59 Å². The van der Waals surface area contributed by atoms with E-state index >= 15 is 0 Å². The number of piperidine rings is 1. The first-order chi connectivity index (χ1) is 14.8. The highest BCUT2D eigenvalue weighted by molar-refractivity contribution is 5.81. The van der Waals surface area contributed by atoms with Crippen molar-refractivity contribution in [3.8, 4) is 0 Å². The fourth-order valence-electron chi connectivity index (χ4n) is 5.49. The Labute approximate surface area is 179 Å². The van der Waals surface area contributed by atoms with Gasteiger partial charge in [0.1, 0.15) is 0 Å². The summed E-state index contributed by atoms with van der Waals surface area (Å²) >= 11 is 0. The van der Waals surface area contributed by atoms with Crippen molar-refractivity contribution in [1.29, 1.82) is 0 Å². The lowest BCUT2D eigenvalue weighted by atomic mass is 9.65. The van der Waals surface area contributed by atoms with Crippen molar-refractivity contribution in [2.75, 3.05) is 11.4 Å². The summed E-state index contributed by atoms with van der Waals surface area (Å²) in [6.45, 7) is 0.684. The highest BCUT2D eigenvalue weighted by Crippen LogP contribution is 2.45. The number of benzene rings is 2. The van der Waals surface area contributed by atoms with E-state index in [4.69, 9.17) is 0 Å². The van der Waals surface area contributed by atoms with Crippen molar-refractivity contribution < 1.29 is 9.59 Å². The van der Waals surface area contributed by atoms with Gasteiger partial charge in [0.25, 0.3) is 0 Å². The quantitative estimate of drug-likeness (QED) is 0.502. The zero-order valence-electron chi connectivity index (χ0n) is 17.6. The predicted molar refractivity (Wildman–Crippen MR) is 120 cm³/mol. The molecule has 2 aromatic rings. The van der Waals surface area contributed by atoms with Crippen LogP contribution >= 0.6 is 0 Å². The van der Waals surface area contributed by atoms with Gasteiger partial charge in [0.2, 0.25) is 12.3 Å². The molecular weight excluding hydrogens is 372 g/mol. The molecule has 1 N–H and O–H groups in total. The zero-order chi connectivity index (χ0) is 20.8. The molecule has 1 saturated heterocycles. The minimum Gasteiger partial charge on any atom is -0.353 e. The average Bonchev–Trinajstić information content (AvgIpc) is 2.80. The van der Waals surface area contributed by atoms with Crippen LogP contribution in [0.5, 0.6) is 0 Å². The highest BCUT2D eigenvalue weighted by atomic mass is 16.2. The number of para-hydroxylation sites is 1. The Balaban J connectivity index is 1.42. The van der Waals surface area contributed by atoms with Gasteiger partial charge in [-0.15, -0.1) is 0 Å². The van der Waals surface area contributed by atoms with Gasteiger partial charge in [-0.25, -0.2) is 0 Å². The summed E-state index contributed by atoms with van der Waals surface area (Å²) in [5.74, 6) is 1.09. The summed E-state index contributed by atoms with van der Waals surface area (Å²) < 4.78 is 0. The van der Waals surface area contributed by atoms with Crippen LogP contribution in [-0.4, -0.2) is 24.9 Å². The highest BCUT2D eigenvalue weighted by Gasteiger charge is 2.44. The van der Waals surface area contributed by atoms with Gasteiger partial charge in [0.05, 0.1) is 0 Å². The van der Waals surface area contributed by atoms with E-state index in [9.17, 15) is 9.59 Å². The second-order valence-corrected chi connectivity index (χ2v) is 8.74. The molecule has 1 aliphatic carbocycles. The molecule has 0 radical (unpaired) electrons. The summed E-state index contributed by atoms with van der Waals surface area (Å²) in [6, 6.07) is 20.7. The second-order valence-electron chi connectivity index (χ2n) is 8.74. The van der Waals surface area contributed by atoms with E-state index in [1.54, 1.807) is 4.90 Å². The second kappa shape index (κ2) is 9.92. The number of rotatable bonds is 8. The van der Waals surface area contributed by atoms with Crippen LogP contribution in [0.4, 0.5) is 5.69 Å². The molecule has 2 aliphatic rings. The Kier molecular flexibility index (Phi) is 6.83. The SMILES string of the molecule is O=CN(CCCC[C@H]1C(=O)N[C@H]2CCCC[C@H]2[C@H]1c1ccccc1)c1ccccc1. The molecule has 30 heavy (non-hydrogen) atoms. The van der Waals surface area contributed by atoms with Crippen molar-refractivity contribution in [2.45, 2.75) is 56.9 Å². The van der Waals surface area contributed by atoms with Crippen molar-refractivity contribution in [1.82, 2.24) is 5.32 Å². The lowest BCUT2D eigenvalue weighted by Crippen LogP contribution is -2.54. The van der Waals surface area contributed by atoms with Crippen molar-refractivity contribution in [3.63, 3.8) is 0 Å². The Morgan fingerprint density at radius 3 is 2.37 bits per heavy atom. The van der Waals surface area contributed by atoms with E-state index in [1.807, 2.05) is 30.3 Å². The number of anilines is 1. The molecule has 0 aromatic heterocycles. The minimum atomic E-state index is 0.0214. The van der Waals surface area contributed by atoms with Gasteiger partial charge in [-0.05, 0) is 49.3 Å². The Morgan fingerprint density at radius 1 is 0.933 bits per heavy atom. The third-order valence-corrected chi connectivity index (χ3v) is 6.94. The van der Waals surface area contributed by atoms with Crippen molar-refractivity contribution >= 4 is 18.0 Å².